The van der Waals surface area contributed by atoms with Crippen LogP contribution < -0.4 is 0 Å². The Morgan fingerprint density at radius 1 is 1.39 bits per heavy atom. The number of rotatable bonds is 3. The van der Waals surface area contributed by atoms with Crippen molar-refractivity contribution in [1.82, 2.24) is 0 Å². The molecule has 1 aromatic rings. The molecule has 0 fully saturated rings. The molecule has 0 bridgehead atoms. The first-order valence-electron chi connectivity index (χ1n) is 4.49. The van der Waals surface area contributed by atoms with Crippen molar-refractivity contribution >= 4 is 17.7 Å². The number of carbonyl (C=O) groups is 1. The van der Waals surface area contributed by atoms with Crippen molar-refractivity contribution in [3.63, 3.8) is 0 Å². The van der Waals surface area contributed by atoms with Gasteiger partial charge >= 0.3 is 12.1 Å². The fourth-order valence-corrected chi connectivity index (χ4v) is 1.32. The smallest absolute Gasteiger partial charge is 0.423 e. The molecule has 0 spiro atoms. The van der Waals surface area contributed by atoms with Crippen molar-refractivity contribution in [2.45, 2.75) is 6.18 Å². The molecule has 0 heterocycles. The number of nitro groups is 1. The highest BCUT2D eigenvalue weighted by Crippen LogP contribution is 2.38. The predicted molar refractivity (Wildman–Crippen MR) is 54.8 cm³/mol. The standard InChI is InChI=1S/C10H6F3NO4/c11-10(12,13)9-6(4-5-8(15)16)2-1-3-7(9)14(17)18/h1-5H,(H,15,16). The number of aliphatic carboxylic acids is 1. The minimum atomic E-state index is -4.94. The SMILES string of the molecule is O=C(O)C=Cc1cccc([N+](=O)[O-])c1C(F)(F)F. The highest BCUT2D eigenvalue weighted by atomic mass is 19.4. The number of carboxylic acids is 1. The van der Waals surface area contributed by atoms with Crippen LogP contribution in [0.2, 0.25) is 0 Å². The van der Waals surface area contributed by atoms with Crippen LogP contribution in [0.25, 0.3) is 6.08 Å². The molecule has 0 saturated heterocycles. The summed E-state index contributed by atoms with van der Waals surface area (Å²) in [7, 11) is 0. The van der Waals surface area contributed by atoms with Crippen molar-refractivity contribution in [1.29, 1.82) is 0 Å². The second-order valence-corrected chi connectivity index (χ2v) is 3.17. The second kappa shape index (κ2) is 4.86. The Morgan fingerprint density at radius 2 is 2.00 bits per heavy atom. The minimum absolute atomic E-state index is 0.480. The van der Waals surface area contributed by atoms with Gasteiger partial charge in [-0.2, -0.15) is 13.2 Å². The number of carboxylic acid groups (broad SMARTS) is 1. The van der Waals surface area contributed by atoms with Crippen molar-refractivity contribution < 1.29 is 28.0 Å². The minimum Gasteiger partial charge on any atom is -0.478 e. The topological polar surface area (TPSA) is 80.4 Å². The average Bonchev–Trinajstić information content (AvgIpc) is 2.24. The molecule has 0 aromatic heterocycles. The summed E-state index contributed by atoms with van der Waals surface area (Å²) >= 11 is 0. The number of halogens is 3. The number of alkyl halides is 3. The summed E-state index contributed by atoms with van der Waals surface area (Å²) in [6.07, 6.45) is -3.80. The second-order valence-electron chi connectivity index (χ2n) is 3.17. The molecule has 0 unspecified atom stereocenters. The highest BCUT2D eigenvalue weighted by Gasteiger charge is 2.40. The number of benzene rings is 1. The average molecular weight is 261 g/mol. The number of hydrogen-bond acceptors (Lipinski definition) is 3. The van der Waals surface area contributed by atoms with Crippen molar-refractivity contribution in [2.75, 3.05) is 0 Å². The maximum Gasteiger partial charge on any atom is 0.423 e. The van der Waals surface area contributed by atoms with Gasteiger partial charge in [-0.3, -0.25) is 10.1 Å². The molecule has 0 saturated carbocycles. The Balaban J connectivity index is 3.48. The Morgan fingerprint density at radius 3 is 2.44 bits per heavy atom. The van der Waals surface area contributed by atoms with E-state index >= 15 is 0 Å². The molecule has 18 heavy (non-hydrogen) atoms. The monoisotopic (exact) mass is 261 g/mol. The number of nitrogens with zero attached hydrogens (tertiary/aromatic N) is 1. The first-order valence-corrected chi connectivity index (χ1v) is 4.49. The lowest BCUT2D eigenvalue weighted by Crippen LogP contribution is -2.11. The molecule has 1 N–H and O–H groups in total. The van der Waals surface area contributed by atoms with Crippen LogP contribution in [0.15, 0.2) is 24.3 Å². The Kier molecular flexibility index (Phi) is 3.70. The summed E-state index contributed by atoms with van der Waals surface area (Å²) in [6, 6.07) is 2.71. The van der Waals surface area contributed by atoms with Gasteiger partial charge in [-0.1, -0.05) is 12.1 Å². The lowest BCUT2D eigenvalue weighted by molar-refractivity contribution is -0.388. The third-order valence-corrected chi connectivity index (χ3v) is 1.96. The molecule has 0 aliphatic heterocycles. The van der Waals surface area contributed by atoms with E-state index in [9.17, 15) is 28.1 Å². The largest absolute Gasteiger partial charge is 0.478 e. The molecular weight excluding hydrogens is 255 g/mol. The maximum atomic E-state index is 12.7. The zero-order valence-electron chi connectivity index (χ0n) is 8.64. The van der Waals surface area contributed by atoms with E-state index in [0.29, 0.717) is 18.2 Å². The molecule has 96 valence electrons. The van der Waals surface area contributed by atoms with E-state index in [0.717, 1.165) is 12.1 Å². The van der Waals surface area contributed by atoms with Gasteiger partial charge in [0.15, 0.2) is 0 Å². The molecule has 0 aliphatic rings. The Labute approximate surface area is 98.3 Å². The van der Waals surface area contributed by atoms with E-state index in [2.05, 4.69) is 0 Å². The lowest BCUT2D eigenvalue weighted by atomic mass is 10.0. The first kappa shape index (κ1) is 13.7. The van der Waals surface area contributed by atoms with E-state index < -0.39 is 33.9 Å². The molecule has 5 nitrogen and oxygen atoms in total. The third kappa shape index (κ3) is 3.06. The van der Waals surface area contributed by atoms with Gasteiger partial charge in [-0.25, -0.2) is 4.79 Å². The quantitative estimate of drug-likeness (QED) is 0.515. The first-order chi connectivity index (χ1) is 8.23. The van der Waals surface area contributed by atoms with Crippen molar-refractivity contribution in [2.24, 2.45) is 0 Å². The summed E-state index contributed by atoms with van der Waals surface area (Å²) in [5.74, 6) is -1.45. The Hall–Kier alpha value is -2.38. The summed E-state index contributed by atoms with van der Waals surface area (Å²) < 4.78 is 38.1. The van der Waals surface area contributed by atoms with Crippen molar-refractivity contribution in [3.8, 4) is 0 Å². The van der Waals surface area contributed by atoms with Gasteiger partial charge < -0.3 is 5.11 Å². The van der Waals surface area contributed by atoms with Gasteiger partial charge in [0.25, 0.3) is 5.69 Å². The highest BCUT2D eigenvalue weighted by molar-refractivity contribution is 5.86. The van der Waals surface area contributed by atoms with E-state index in [4.69, 9.17) is 5.11 Å². The van der Waals surface area contributed by atoms with Gasteiger partial charge in [0.1, 0.15) is 5.56 Å². The lowest BCUT2D eigenvalue weighted by Gasteiger charge is -2.10. The normalized spacial score (nSPS) is 11.7. The van der Waals surface area contributed by atoms with Crippen LogP contribution in [0, 0.1) is 10.1 Å². The van der Waals surface area contributed by atoms with Crippen LogP contribution in [0.5, 0.6) is 0 Å². The molecule has 0 radical (unpaired) electrons. The fraction of sp³-hybridized carbons (Fsp3) is 0.100. The van der Waals surface area contributed by atoms with Gasteiger partial charge in [0.05, 0.1) is 4.92 Å². The van der Waals surface area contributed by atoms with Crippen LogP contribution in [0.4, 0.5) is 18.9 Å². The molecule has 1 aromatic carbocycles. The van der Waals surface area contributed by atoms with E-state index in [1.807, 2.05) is 0 Å². The molecule has 1 rings (SSSR count). The maximum absolute atomic E-state index is 12.7. The van der Waals surface area contributed by atoms with Gasteiger partial charge in [-0.15, -0.1) is 0 Å². The molecule has 0 atom stereocenters. The molecular formula is C10H6F3NO4. The van der Waals surface area contributed by atoms with Gasteiger partial charge in [-0.05, 0) is 11.6 Å². The summed E-state index contributed by atoms with van der Waals surface area (Å²) in [5.41, 5.74) is -3.15. The molecule has 8 heteroatoms. The summed E-state index contributed by atoms with van der Waals surface area (Å²) in [6.45, 7) is 0. The molecule has 0 aliphatic carbocycles. The number of nitro benzene ring substituents is 1. The van der Waals surface area contributed by atoms with Crippen LogP contribution in [-0.4, -0.2) is 16.0 Å². The van der Waals surface area contributed by atoms with Gasteiger partial charge in [0, 0.05) is 12.1 Å². The third-order valence-electron chi connectivity index (χ3n) is 1.96. The predicted octanol–water partition coefficient (Wildman–Crippen LogP) is 2.71. The Bertz CT molecular complexity index is 522. The van der Waals surface area contributed by atoms with E-state index in [1.54, 1.807) is 0 Å². The van der Waals surface area contributed by atoms with Crippen LogP contribution in [0.1, 0.15) is 11.1 Å². The zero-order valence-corrected chi connectivity index (χ0v) is 8.64. The van der Waals surface area contributed by atoms with Crippen LogP contribution in [0.3, 0.4) is 0 Å². The number of hydrogen-bond donors (Lipinski definition) is 1. The fourth-order valence-electron chi connectivity index (χ4n) is 1.32. The summed E-state index contributed by atoms with van der Waals surface area (Å²) in [5, 5.41) is 18.9. The van der Waals surface area contributed by atoms with E-state index in [-0.39, 0.29) is 0 Å². The van der Waals surface area contributed by atoms with E-state index in [1.165, 1.54) is 0 Å². The zero-order chi connectivity index (χ0) is 13.9. The van der Waals surface area contributed by atoms with Crippen molar-refractivity contribution in [3.05, 3.63) is 45.5 Å². The molecule has 0 amide bonds. The van der Waals surface area contributed by atoms with Gasteiger partial charge in [0.2, 0.25) is 0 Å². The summed E-state index contributed by atoms with van der Waals surface area (Å²) in [4.78, 5) is 19.6. The van der Waals surface area contributed by atoms with Crippen LogP contribution >= 0.6 is 0 Å². The van der Waals surface area contributed by atoms with Crippen LogP contribution in [-0.2, 0) is 11.0 Å².